The van der Waals surface area contributed by atoms with Gasteiger partial charge in [-0.25, -0.2) is 0 Å². The van der Waals surface area contributed by atoms with Gasteiger partial charge < -0.3 is 10.6 Å². The van der Waals surface area contributed by atoms with E-state index in [1.165, 1.54) is 0 Å². The van der Waals surface area contributed by atoms with Crippen molar-refractivity contribution in [1.82, 2.24) is 4.90 Å². The summed E-state index contributed by atoms with van der Waals surface area (Å²) >= 11 is 0. The third kappa shape index (κ3) is 4.20. The number of hydrogen-bond donors (Lipinski definition) is 1. The van der Waals surface area contributed by atoms with Crippen LogP contribution in [0.25, 0.3) is 0 Å². The van der Waals surface area contributed by atoms with Crippen LogP contribution in [0.4, 0.5) is 0 Å². The molecule has 0 aromatic carbocycles. The van der Waals surface area contributed by atoms with E-state index in [4.69, 9.17) is 5.73 Å². The van der Waals surface area contributed by atoms with Crippen molar-refractivity contribution in [1.29, 1.82) is 0 Å². The van der Waals surface area contributed by atoms with Gasteiger partial charge >= 0.3 is 0 Å². The lowest BCUT2D eigenvalue weighted by atomic mass is 9.97. The number of amides is 1. The van der Waals surface area contributed by atoms with Gasteiger partial charge in [0.2, 0.25) is 5.91 Å². The fourth-order valence-electron chi connectivity index (χ4n) is 1.37. The molecule has 1 amide bonds. The summed E-state index contributed by atoms with van der Waals surface area (Å²) in [5.74, 6) is 0.620. The second-order valence-corrected chi connectivity index (χ2v) is 4.63. The Morgan fingerprint density at radius 2 is 1.93 bits per heavy atom. The van der Waals surface area contributed by atoms with E-state index >= 15 is 0 Å². The van der Waals surface area contributed by atoms with Crippen LogP contribution in [0.15, 0.2) is 0 Å². The van der Waals surface area contributed by atoms with Crippen molar-refractivity contribution < 1.29 is 4.79 Å². The monoisotopic (exact) mass is 214 g/mol. The second kappa shape index (κ2) is 6.11. The number of hydrogen-bond acceptors (Lipinski definition) is 2. The lowest BCUT2D eigenvalue weighted by Crippen LogP contribution is -2.53. The average Bonchev–Trinajstić information content (AvgIpc) is 2.24. The van der Waals surface area contributed by atoms with Gasteiger partial charge in [-0.05, 0) is 26.2 Å². The first-order valence-electron chi connectivity index (χ1n) is 5.97. The molecule has 0 radical (unpaired) electrons. The molecular weight excluding hydrogens is 188 g/mol. The third-order valence-electron chi connectivity index (χ3n) is 3.12. The van der Waals surface area contributed by atoms with Gasteiger partial charge in [0.1, 0.15) is 0 Å². The van der Waals surface area contributed by atoms with Crippen LogP contribution in [0.2, 0.25) is 0 Å². The number of carbonyl (C=O) groups is 1. The zero-order valence-corrected chi connectivity index (χ0v) is 10.8. The Balaban J connectivity index is 4.47. The molecule has 0 aliphatic rings. The van der Waals surface area contributed by atoms with Crippen LogP contribution in [-0.2, 0) is 4.79 Å². The van der Waals surface area contributed by atoms with Crippen molar-refractivity contribution in [3.63, 3.8) is 0 Å². The van der Waals surface area contributed by atoms with Crippen LogP contribution in [0, 0.1) is 5.92 Å². The zero-order chi connectivity index (χ0) is 12.1. The van der Waals surface area contributed by atoms with Crippen LogP contribution < -0.4 is 5.73 Å². The number of nitrogens with zero attached hydrogens (tertiary/aromatic N) is 1. The highest BCUT2D eigenvalue weighted by Crippen LogP contribution is 2.12. The molecule has 2 atom stereocenters. The summed E-state index contributed by atoms with van der Waals surface area (Å²) in [5.41, 5.74) is 5.26. The molecule has 3 nitrogen and oxygen atoms in total. The predicted molar refractivity (Wildman–Crippen MR) is 64.6 cm³/mol. The molecule has 0 aromatic heterocycles. The molecule has 0 saturated heterocycles. The molecule has 0 rings (SSSR count). The van der Waals surface area contributed by atoms with E-state index in [0.29, 0.717) is 12.3 Å². The lowest BCUT2D eigenvalue weighted by Gasteiger charge is -2.32. The maximum atomic E-state index is 12.1. The molecule has 0 bridgehead atoms. The maximum Gasteiger partial charge on any atom is 0.242 e. The summed E-state index contributed by atoms with van der Waals surface area (Å²) in [6.45, 7) is 11.6. The molecule has 0 aromatic rings. The molecule has 0 spiro atoms. The first kappa shape index (κ1) is 14.4. The highest BCUT2D eigenvalue weighted by atomic mass is 16.2. The molecule has 3 heteroatoms. The molecule has 0 saturated carbocycles. The van der Waals surface area contributed by atoms with Gasteiger partial charge in [0.25, 0.3) is 0 Å². The average molecular weight is 214 g/mol. The minimum Gasteiger partial charge on any atom is -0.341 e. The summed E-state index contributed by atoms with van der Waals surface area (Å²) in [4.78, 5) is 14.0. The minimum atomic E-state index is -0.705. The van der Waals surface area contributed by atoms with E-state index in [-0.39, 0.29) is 5.91 Å². The molecule has 0 aliphatic carbocycles. The quantitative estimate of drug-likeness (QED) is 0.735. The van der Waals surface area contributed by atoms with Crippen molar-refractivity contribution in [3.8, 4) is 0 Å². The molecule has 0 aliphatic heterocycles. The summed E-state index contributed by atoms with van der Waals surface area (Å²) in [5, 5.41) is 0. The maximum absolute atomic E-state index is 12.1. The van der Waals surface area contributed by atoms with Crippen molar-refractivity contribution in [3.05, 3.63) is 0 Å². The summed E-state index contributed by atoms with van der Waals surface area (Å²) in [6, 6.07) is 0. The Morgan fingerprint density at radius 1 is 1.40 bits per heavy atom. The normalized spacial score (nSPS) is 16.9. The molecule has 15 heavy (non-hydrogen) atoms. The minimum absolute atomic E-state index is 0.0767. The Kier molecular flexibility index (Phi) is 5.88. The largest absolute Gasteiger partial charge is 0.341 e. The third-order valence-corrected chi connectivity index (χ3v) is 3.12. The van der Waals surface area contributed by atoms with E-state index in [9.17, 15) is 4.79 Å². The molecular formula is C12H26N2O. The van der Waals surface area contributed by atoms with Crippen molar-refractivity contribution >= 4 is 5.91 Å². The van der Waals surface area contributed by atoms with Gasteiger partial charge in [-0.1, -0.05) is 27.2 Å². The Bertz CT molecular complexity index is 202. The highest BCUT2D eigenvalue weighted by Gasteiger charge is 2.30. The zero-order valence-electron chi connectivity index (χ0n) is 10.8. The number of nitrogens with two attached hydrogens (primary N) is 1. The van der Waals surface area contributed by atoms with Gasteiger partial charge in [-0.2, -0.15) is 0 Å². The van der Waals surface area contributed by atoms with Gasteiger partial charge in [-0.3, -0.25) is 4.79 Å². The molecule has 90 valence electrons. The van der Waals surface area contributed by atoms with E-state index in [0.717, 1.165) is 19.5 Å². The van der Waals surface area contributed by atoms with E-state index in [1.54, 1.807) is 0 Å². The molecule has 0 fully saturated rings. The lowest BCUT2D eigenvalue weighted by molar-refractivity contribution is -0.136. The van der Waals surface area contributed by atoms with Crippen molar-refractivity contribution in [2.75, 3.05) is 13.1 Å². The fraction of sp³-hybridized carbons (Fsp3) is 0.917. The van der Waals surface area contributed by atoms with Crippen LogP contribution >= 0.6 is 0 Å². The summed E-state index contributed by atoms with van der Waals surface area (Å²) in [7, 11) is 0. The number of carbonyl (C=O) groups excluding carboxylic acids is 1. The van der Waals surface area contributed by atoms with Gasteiger partial charge in [-0.15, -0.1) is 0 Å². The van der Waals surface area contributed by atoms with Crippen molar-refractivity contribution in [2.45, 2.75) is 53.0 Å². The highest BCUT2D eigenvalue weighted by molar-refractivity contribution is 5.85. The smallest absolute Gasteiger partial charge is 0.242 e. The number of rotatable bonds is 6. The second-order valence-electron chi connectivity index (χ2n) is 4.63. The number of likely N-dealkylation sites (N-methyl/N-ethyl adjacent to an activating group) is 1. The topological polar surface area (TPSA) is 46.3 Å². The van der Waals surface area contributed by atoms with Crippen molar-refractivity contribution in [2.24, 2.45) is 11.7 Å². The Hall–Kier alpha value is -0.570. The van der Waals surface area contributed by atoms with Gasteiger partial charge in [0.05, 0.1) is 5.54 Å². The summed E-state index contributed by atoms with van der Waals surface area (Å²) in [6.07, 6.45) is 1.78. The fourth-order valence-corrected chi connectivity index (χ4v) is 1.37. The first-order chi connectivity index (χ1) is 6.88. The van der Waals surface area contributed by atoms with E-state index in [2.05, 4.69) is 13.8 Å². The van der Waals surface area contributed by atoms with Crippen LogP contribution in [0.3, 0.4) is 0 Å². The molecule has 2 unspecified atom stereocenters. The van der Waals surface area contributed by atoms with E-state index in [1.807, 2.05) is 25.7 Å². The molecule has 0 heterocycles. The van der Waals surface area contributed by atoms with Crippen LogP contribution in [0.1, 0.15) is 47.5 Å². The standard InChI is InChI=1S/C12H26N2O/c1-6-10(4)9-14(8-3)11(15)12(5,13)7-2/h10H,6-9,13H2,1-5H3. The Labute approximate surface area is 94.0 Å². The van der Waals surface area contributed by atoms with E-state index < -0.39 is 5.54 Å². The Morgan fingerprint density at radius 3 is 2.27 bits per heavy atom. The van der Waals surface area contributed by atoms with Gasteiger partial charge in [0, 0.05) is 13.1 Å². The van der Waals surface area contributed by atoms with Crippen LogP contribution in [0.5, 0.6) is 0 Å². The van der Waals surface area contributed by atoms with Gasteiger partial charge in [0.15, 0.2) is 0 Å². The molecule has 2 N–H and O–H groups in total. The first-order valence-corrected chi connectivity index (χ1v) is 5.97. The predicted octanol–water partition coefficient (Wildman–Crippen LogP) is 2.01. The SMILES string of the molecule is CCC(C)CN(CC)C(=O)C(C)(N)CC. The van der Waals surface area contributed by atoms with Crippen LogP contribution in [-0.4, -0.2) is 29.4 Å². The summed E-state index contributed by atoms with van der Waals surface area (Å²) < 4.78 is 0.